The first-order valence-corrected chi connectivity index (χ1v) is 4.34. The van der Waals surface area contributed by atoms with Crippen LogP contribution in [0, 0.1) is 11.8 Å². The van der Waals surface area contributed by atoms with E-state index >= 15 is 0 Å². The molecule has 0 saturated heterocycles. The summed E-state index contributed by atoms with van der Waals surface area (Å²) in [6.45, 7) is 2.73. The lowest BCUT2D eigenvalue weighted by Gasteiger charge is -1.95. The van der Waals surface area contributed by atoms with Crippen LogP contribution < -0.4 is 5.32 Å². The SMILES string of the molecule is CC#CCCNc1nccs1. The van der Waals surface area contributed by atoms with Crippen molar-refractivity contribution in [3.63, 3.8) is 0 Å². The standard InChI is InChI=1S/C8H10N2S/c1-2-3-4-5-9-8-10-6-7-11-8/h6-7H,4-5H2,1H3,(H,9,10). The van der Waals surface area contributed by atoms with Gasteiger partial charge in [-0.05, 0) is 6.92 Å². The molecule has 1 N–H and O–H groups in total. The smallest absolute Gasteiger partial charge is 0.182 e. The van der Waals surface area contributed by atoms with Crippen molar-refractivity contribution in [1.82, 2.24) is 4.98 Å². The van der Waals surface area contributed by atoms with Crippen molar-refractivity contribution >= 4 is 16.5 Å². The van der Waals surface area contributed by atoms with Gasteiger partial charge in [0.15, 0.2) is 5.13 Å². The number of hydrogen-bond acceptors (Lipinski definition) is 3. The molecular weight excluding hydrogens is 156 g/mol. The van der Waals surface area contributed by atoms with Gasteiger partial charge in [-0.2, -0.15) is 0 Å². The van der Waals surface area contributed by atoms with Crippen LogP contribution in [0.15, 0.2) is 11.6 Å². The van der Waals surface area contributed by atoms with Crippen LogP contribution in [0.25, 0.3) is 0 Å². The zero-order valence-corrected chi connectivity index (χ0v) is 7.24. The molecule has 0 aromatic carbocycles. The molecule has 0 aliphatic rings. The molecule has 0 radical (unpaired) electrons. The Morgan fingerprint density at radius 3 is 3.27 bits per heavy atom. The number of nitrogens with one attached hydrogen (secondary N) is 1. The molecule has 0 aliphatic heterocycles. The number of aromatic nitrogens is 1. The summed E-state index contributed by atoms with van der Waals surface area (Å²) in [7, 11) is 0. The lowest BCUT2D eigenvalue weighted by atomic mass is 10.4. The minimum Gasteiger partial charge on any atom is -0.361 e. The van der Waals surface area contributed by atoms with Crippen molar-refractivity contribution in [3.8, 4) is 11.8 Å². The van der Waals surface area contributed by atoms with Crippen molar-refractivity contribution in [2.75, 3.05) is 11.9 Å². The molecule has 11 heavy (non-hydrogen) atoms. The second-order valence-electron chi connectivity index (χ2n) is 1.94. The van der Waals surface area contributed by atoms with E-state index in [4.69, 9.17) is 0 Å². The lowest BCUT2D eigenvalue weighted by Crippen LogP contribution is -1.98. The maximum absolute atomic E-state index is 4.07. The molecule has 2 nitrogen and oxygen atoms in total. The minimum absolute atomic E-state index is 0.883. The zero-order chi connectivity index (χ0) is 7.94. The third-order valence-electron chi connectivity index (χ3n) is 1.14. The van der Waals surface area contributed by atoms with Crippen LogP contribution in [0.3, 0.4) is 0 Å². The Kier molecular flexibility index (Phi) is 3.49. The second kappa shape index (κ2) is 4.75. The summed E-state index contributed by atoms with van der Waals surface area (Å²) in [5.74, 6) is 5.82. The Morgan fingerprint density at radius 1 is 1.73 bits per heavy atom. The summed E-state index contributed by atoms with van der Waals surface area (Å²) in [6.07, 6.45) is 2.68. The molecule has 0 unspecified atom stereocenters. The molecule has 0 fully saturated rings. The van der Waals surface area contributed by atoms with Crippen LogP contribution in [0.2, 0.25) is 0 Å². The summed E-state index contributed by atoms with van der Waals surface area (Å²) in [4.78, 5) is 4.07. The number of hydrogen-bond donors (Lipinski definition) is 1. The van der Waals surface area contributed by atoms with Gasteiger partial charge in [0.1, 0.15) is 0 Å². The van der Waals surface area contributed by atoms with E-state index in [1.807, 2.05) is 12.3 Å². The van der Waals surface area contributed by atoms with Crippen molar-refractivity contribution in [2.24, 2.45) is 0 Å². The summed E-state index contributed by atoms with van der Waals surface area (Å²) < 4.78 is 0. The first kappa shape index (κ1) is 8.09. The fourth-order valence-electron chi connectivity index (χ4n) is 0.668. The van der Waals surface area contributed by atoms with Crippen molar-refractivity contribution in [1.29, 1.82) is 0 Å². The highest BCUT2D eigenvalue weighted by Crippen LogP contribution is 2.09. The average molecular weight is 166 g/mol. The van der Waals surface area contributed by atoms with E-state index in [1.54, 1.807) is 17.5 Å². The van der Waals surface area contributed by atoms with E-state index in [2.05, 4.69) is 22.1 Å². The summed E-state index contributed by atoms with van der Waals surface area (Å²) >= 11 is 1.61. The minimum atomic E-state index is 0.883. The van der Waals surface area contributed by atoms with Gasteiger partial charge in [0, 0.05) is 24.5 Å². The third kappa shape index (κ3) is 3.06. The zero-order valence-electron chi connectivity index (χ0n) is 6.42. The summed E-state index contributed by atoms with van der Waals surface area (Å²) in [5, 5.41) is 6.09. The average Bonchev–Trinajstić information content (AvgIpc) is 2.50. The predicted octanol–water partition coefficient (Wildman–Crippen LogP) is 1.97. The number of nitrogens with zero attached hydrogens (tertiary/aromatic N) is 1. The molecule has 3 heteroatoms. The fourth-order valence-corrected chi connectivity index (χ4v) is 1.23. The van der Waals surface area contributed by atoms with E-state index in [9.17, 15) is 0 Å². The summed E-state index contributed by atoms with van der Waals surface area (Å²) in [5.41, 5.74) is 0. The summed E-state index contributed by atoms with van der Waals surface area (Å²) in [6, 6.07) is 0. The number of anilines is 1. The molecule has 0 aliphatic carbocycles. The predicted molar refractivity (Wildman–Crippen MR) is 48.7 cm³/mol. The van der Waals surface area contributed by atoms with E-state index in [-0.39, 0.29) is 0 Å². The highest BCUT2D eigenvalue weighted by Gasteiger charge is 1.89. The molecule has 1 heterocycles. The van der Waals surface area contributed by atoms with Gasteiger partial charge < -0.3 is 5.32 Å². The fraction of sp³-hybridized carbons (Fsp3) is 0.375. The molecule has 0 saturated carbocycles. The maximum Gasteiger partial charge on any atom is 0.182 e. The van der Waals surface area contributed by atoms with E-state index < -0.39 is 0 Å². The monoisotopic (exact) mass is 166 g/mol. The Morgan fingerprint density at radius 2 is 2.64 bits per heavy atom. The molecule has 1 aromatic rings. The van der Waals surface area contributed by atoms with Gasteiger partial charge in [0.25, 0.3) is 0 Å². The van der Waals surface area contributed by atoms with Gasteiger partial charge in [-0.25, -0.2) is 4.98 Å². The molecule has 0 spiro atoms. The second-order valence-corrected chi connectivity index (χ2v) is 2.84. The van der Waals surface area contributed by atoms with Crippen LogP contribution in [0.4, 0.5) is 5.13 Å². The first-order chi connectivity index (χ1) is 5.43. The largest absolute Gasteiger partial charge is 0.361 e. The van der Waals surface area contributed by atoms with Gasteiger partial charge in [-0.15, -0.1) is 23.2 Å². The Balaban J connectivity index is 2.17. The van der Waals surface area contributed by atoms with Crippen LogP contribution in [0.5, 0.6) is 0 Å². The molecule has 1 aromatic heterocycles. The van der Waals surface area contributed by atoms with Gasteiger partial charge in [-0.1, -0.05) is 0 Å². The maximum atomic E-state index is 4.07. The Bertz CT molecular complexity index is 243. The van der Waals surface area contributed by atoms with Crippen molar-refractivity contribution < 1.29 is 0 Å². The molecule has 1 rings (SSSR count). The van der Waals surface area contributed by atoms with Gasteiger partial charge in [0.2, 0.25) is 0 Å². The lowest BCUT2D eigenvalue weighted by molar-refractivity contribution is 1.09. The molecule has 0 amide bonds. The normalized spacial score (nSPS) is 8.45. The highest BCUT2D eigenvalue weighted by molar-refractivity contribution is 7.13. The number of thiazole rings is 1. The third-order valence-corrected chi connectivity index (χ3v) is 1.87. The first-order valence-electron chi connectivity index (χ1n) is 3.46. The van der Waals surface area contributed by atoms with Gasteiger partial charge in [-0.3, -0.25) is 0 Å². The van der Waals surface area contributed by atoms with Crippen LogP contribution in [-0.2, 0) is 0 Å². The molecule has 58 valence electrons. The van der Waals surface area contributed by atoms with E-state index in [0.717, 1.165) is 18.1 Å². The van der Waals surface area contributed by atoms with Crippen molar-refractivity contribution in [2.45, 2.75) is 13.3 Å². The van der Waals surface area contributed by atoms with E-state index in [0.29, 0.717) is 0 Å². The highest BCUT2D eigenvalue weighted by atomic mass is 32.1. The van der Waals surface area contributed by atoms with Crippen LogP contribution in [0.1, 0.15) is 13.3 Å². The van der Waals surface area contributed by atoms with Gasteiger partial charge in [0.05, 0.1) is 0 Å². The van der Waals surface area contributed by atoms with Crippen LogP contribution in [-0.4, -0.2) is 11.5 Å². The Labute approximate surface area is 70.7 Å². The molecule has 0 atom stereocenters. The Hall–Kier alpha value is -1.01. The van der Waals surface area contributed by atoms with Gasteiger partial charge >= 0.3 is 0 Å². The van der Waals surface area contributed by atoms with E-state index in [1.165, 1.54) is 0 Å². The van der Waals surface area contributed by atoms with Crippen LogP contribution >= 0.6 is 11.3 Å². The molecule has 0 bridgehead atoms. The van der Waals surface area contributed by atoms with Crippen molar-refractivity contribution in [3.05, 3.63) is 11.6 Å². The quantitative estimate of drug-likeness (QED) is 0.548. The number of rotatable bonds is 3. The topological polar surface area (TPSA) is 24.9 Å². The molecular formula is C8H10N2S.